The molecule has 1 aliphatic heterocycles. The van der Waals surface area contributed by atoms with Crippen LogP contribution < -0.4 is 14.2 Å². The molecule has 1 saturated carbocycles. The smallest absolute Gasteiger partial charge is 0.256 e. The first kappa shape index (κ1) is 24.2. The van der Waals surface area contributed by atoms with Crippen molar-refractivity contribution in [2.45, 2.75) is 44.4 Å². The monoisotopic (exact) mass is 478 g/mol. The van der Waals surface area contributed by atoms with Gasteiger partial charge in [0.2, 0.25) is 5.92 Å². The van der Waals surface area contributed by atoms with Crippen LogP contribution in [-0.2, 0) is 0 Å². The standard InChI is InChI=1S/C25H29F3N2O4/c1-15-8-21(32-2)19(13-29-15)17-4-6-30(7-5-17)24(31)18-9-22(33-3)23(10-20(18)26)34-14-16-11-25(27,28)12-16/h8-10,13,16-17H,4-7,11-12,14H2,1-3H3. The Kier molecular flexibility index (Phi) is 6.91. The fourth-order valence-corrected chi connectivity index (χ4v) is 4.67. The quantitative estimate of drug-likeness (QED) is 0.561. The highest BCUT2D eigenvalue weighted by atomic mass is 19.3. The van der Waals surface area contributed by atoms with Gasteiger partial charge >= 0.3 is 0 Å². The van der Waals surface area contributed by atoms with E-state index in [2.05, 4.69) is 4.98 Å². The highest BCUT2D eigenvalue weighted by molar-refractivity contribution is 5.95. The van der Waals surface area contributed by atoms with Crippen LogP contribution in [0.5, 0.6) is 17.2 Å². The van der Waals surface area contributed by atoms with Crippen LogP contribution in [0.3, 0.4) is 0 Å². The van der Waals surface area contributed by atoms with E-state index in [4.69, 9.17) is 14.2 Å². The average Bonchev–Trinajstić information content (AvgIpc) is 2.81. The summed E-state index contributed by atoms with van der Waals surface area (Å²) >= 11 is 0. The van der Waals surface area contributed by atoms with Crippen molar-refractivity contribution in [2.75, 3.05) is 33.9 Å². The molecule has 2 fully saturated rings. The molecular formula is C25H29F3N2O4. The summed E-state index contributed by atoms with van der Waals surface area (Å²) in [6.45, 7) is 2.88. The van der Waals surface area contributed by atoms with Gasteiger partial charge in [-0.1, -0.05) is 0 Å². The number of aromatic nitrogens is 1. The van der Waals surface area contributed by atoms with Crippen molar-refractivity contribution in [3.8, 4) is 17.2 Å². The number of hydrogen-bond acceptors (Lipinski definition) is 5. The molecule has 184 valence electrons. The minimum atomic E-state index is -2.64. The average molecular weight is 479 g/mol. The van der Waals surface area contributed by atoms with Gasteiger partial charge in [-0.15, -0.1) is 0 Å². The fourth-order valence-electron chi connectivity index (χ4n) is 4.67. The summed E-state index contributed by atoms with van der Waals surface area (Å²) in [7, 11) is 3.02. The zero-order valence-electron chi connectivity index (χ0n) is 19.6. The van der Waals surface area contributed by atoms with Crippen molar-refractivity contribution in [3.63, 3.8) is 0 Å². The molecule has 0 bridgehead atoms. The number of amides is 1. The Morgan fingerprint density at radius 2 is 1.76 bits per heavy atom. The van der Waals surface area contributed by atoms with Gasteiger partial charge in [0.25, 0.3) is 5.91 Å². The van der Waals surface area contributed by atoms with Gasteiger partial charge in [-0.3, -0.25) is 9.78 Å². The molecular weight excluding hydrogens is 449 g/mol. The van der Waals surface area contributed by atoms with Gasteiger partial charge in [-0.25, -0.2) is 13.2 Å². The molecule has 2 heterocycles. The van der Waals surface area contributed by atoms with Crippen LogP contribution in [0.2, 0.25) is 0 Å². The maximum Gasteiger partial charge on any atom is 0.256 e. The molecule has 4 rings (SSSR count). The molecule has 2 aliphatic rings. The van der Waals surface area contributed by atoms with Gasteiger partial charge in [0.1, 0.15) is 11.6 Å². The number of rotatable bonds is 7. The Balaban J connectivity index is 1.41. The number of piperidine rings is 1. The first-order valence-corrected chi connectivity index (χ1v) is 11.4. The van der Waals surface area contributed by atoms with Gasteiger partial charge in [-0.05, 0) is 31.7 Å². The van der Waals surface area contributed by atoms with Crippen LogP contribution in [0.25, 0.3) is 0 Å². The lowest BCUT2D eigenvalue weighted by Crippen LogP contribution is -2.38. The molecule has 0 spiro atoms. The maximum absolute atomic E-state index is 14.9. The van der Waals surface area contributed by atoms with E-state index in [-0.39, 0.29) is 48.3 Å². The molecule has 0 unspecified atom stereocenters. The molecule has 0 atom stereocenters. The SMILES string of the molecule is COc1cc(C(=O)N2CCC(c3cnc(C)cc3OC)CC2)c(F)cc1OCC1CC(F)(F)C1. The summed E-state index contributed by atoms with van der Waals surface area (Å²) in [5, 5.41) is 0. The minimum absolute atomic E-state index is 0.0452. The molecule has 1 aromatic carbocycles. The maximum atomic E-state index is 14.9. The van der Waals surface area contributed by atoms with Gasteiger partial charge in [0, 0.05) is 61.4 Å². The molecule has 1 saturated heterocycles. The number of nitrogens with zero attached hydrogens (tertiary/aromatic N) is 2. The largest absolute Gasteiger partial charge is 0.496 e. The third kappa shape index (κ3) is 5.08. The third-order valence-electron chi connectivity index (χ3n) is 6.61. The summed E-state index contributed by atoms with van der Waals surface area (Å²) in [5.41, 5.74) is 1.78. The van der Waals surface area contributed by atoms with E-state index < -0.39 is 17.6 Å². The van der Waals surface area contributed by atoms with E-state index in [9.17, 15) is 18.0 Å². The Hall–Kier alpha value is -2.97. The minimum Gasteiger partial charge on any atom is -0.496 e. The second kappa shape index (κ2) is 9.72. The summed E-state index contributed by atoms with van der Waals surface area (Å²) < 4.78 is 57.2. The van der Waals surface area contributed by atoms with Crippen molar-refractivity contribution in [1.29, 1.82) is 0 Å². The number of alkyl halides is 2. The van der Waals surface area contributed by atoms with Gasteiger partial charge in [0.05, 0.1) is 26.4 Å². The lowest BCUT2D eigenvalue weighted by Gasteiger charge is -2.34. The van der Waals surface area contributed by atoms with Crippen LogP contribution in [0.4, 0.5) is 13.2 Å². The highest BCUT2D eigenvalue weighted by Gasteiger charge is 2.45. The van der Waals surface area contributed by atoms with Gasteiger partial charge in [-0.2, -0.15) is 0 Å². The van der Waals surface area contributed by atoms with Crippen molar-refractivity contribution in [2.24, 2.45) is 5.92 Å². The topological polar surface area (TPSA) is 60.9 Å². The summed E-state index contributed by atoms with van der Waals surface area (Å²) in [6, 6.07) is 4.31. The molecule has 0 N–H and O–H groups in total. The number of halogens is 3. The number of methoxy groups -OCH3 is 2. The van der Waals surface area contributed by atoms with E-state index in [1.165, 1.54) is 13.2 Å². The first-order valence-electron chi connectivity index (χ1n) is 11.4. The van der Waals surface area contributed by atoms with Crippen LogP contribution in [0.15, 0.2) is 24.4 Å². The Morgan fingerprint density at radius 3 is 2.38 bits per heavy atom. The number of likely N-dealkylation sites (tertiary alicyclic amines) is 1. The van der Waals surface area contributed by atoms with E-state index in [0.29, 0.717) is 25.9 Å². The van der Waals surface area contributed by atoms with Crippen molar-refractivity contribution in [3.05, 3.63) is 47.0 Å². The number of carbonyl (C=O) groups is 1. The Labute approximate surface area is 197 Å². The number of carbonyl (C=O) groups excluding carboxylic acids is 1. The first-order chi connectivity index (χ1) is 16.2. The molecule has 34 heavy (non-hydrogen) atoms. The second-order valence-electron chi connectivity index (χ2n) is 9.06. The lowest BCUT2D eigenvalue weighted by molar-refractivity contribution is -0.119. The van der Waals surface area contributed by atoms with Crippen LogP contribution in [0.1, 0.15) is 53.2 Å². The second-order valence-corrected chi connectivity index (χ2v) is 9.06. The molecule has 0 radical (unpaired) electrons. The van der Waals surface area contributed by atoms with E-state index in [1.807, 2.05) is 19.2 Å². The lowest BCUT2D eigenvalue weighted by atomic mass is 9.82. The van der Waals surface area contributed by atoms with E-state index >= 15 is 0 Å². The van der Waals surface area contributed by atoms with Crippen molar-refractivity contribution >= 4 is 5.91 Å². The van der Waals surface area contributed by atoms with Gasteiger partial charge < -0.3 is 19.1 Å². The zero-order chi connectivity index (χ0) is 24.5. The Morgan fingerprint density at radius 1 is 1.09 bits per heavy atom. The summed E-state index contributed by atoms with van der Waals surface area (Å²) in [6.07, 6.45) is 2.76. The number of pyridine rings is 1. The fraction of sp³-hybridized carbons (Fsp3) is 0.520. The predicted octanol–water partition coefficient (Wildman–Crippen LogP) is 4.99. The summed E-state index contributed by atoms with van der Waals surface area (Å²) in [5.74, 6) is -2.80. The normalized spacial score (nSPS) is 18.4. The molecule has 1 aromatic heterocycles. The molecule has 1 aliphatic carbocycles. The van der Waals surface area contributed by atoms with Crippen molar-refractivity contribution in [1.82, 2.24) is 9.88 Å². The number of hydrogen-bond donors (Lipinski definition) is 0. The molecule has 9 heteroatoms. The van der Waals surface area contributed by atoms with Crippen molar-refractivity contribution < 1.29 is 32.2 Å². The van der Waals surface area contributed by atoms with E-state index in [0.717, 1.165) is 23.1 Å². The predicted molar refractivity (Wildman–Crippen MR) is 120 cm³/mol. The molecule has 2 aromatic rings. The number of ether oxygens (including phenoxy) is 3. The molecule has 1 amide bonds. The van der Waals surface area contributed by atoms with E-state index in [1.54, 1.807) is 12.0 Å². The van der Waals surface area contributed by atoms with Gasteiger partial charge in [0.15, 0.2) is 11.5 Å². The third-order valence-corrected chi connectivity index (χ3v) is 6.61. The van der Waals surface area contributed by atoms with Crippen LogP contribution in [-0.4, -0.2) is 55.6 Å². The summed E-state index contributed by atoms with van der Waals surface area (Å²) in [4.78, 5) is 19.1. The highest BCUT2D eigenvalue weighted by Crippen LogP contribution is 2.43. The van der Waals surface area contributed by atoms with Crippen LogP contribution in [0, 0.1) is 18.7 Å². The zero-order valence-corrected chi connectivity index (χ0v) is 19.6. The molecule has 6 nitrogen and oxygen atoms in total. The Bertz CT molecular complexity index is 1050. The number of benzene rings is 1. The number of aryl methyl sites for hydroxylation is 1. The van der Waals surface area contributed by atoms with Crippen LogP contribution >= 0.6 is 0 Å².